The Morgan fingerprint density at radius 3 is 3.09 bits per heavy atom. The molecule has 0 saturated heterocycles. The van der Waals surface area contributed by atoms with Gasteiger partial charge in [-0.15, -0.1) is 23.7 Å². The Morgan fingerprint density at radius 2 is 2.36 bits per heavy atom. The van der Waals surface area contributed by atoms with Crippen LogP contribution in [0.15, 0.2) is 11.4 Å². The molecular weight excluding hydrogens is 178 g/mol. The summed E-state index contributed by atoms with van der Waals surface area (Å²) in [4.78, 5) is 1.51. The van der Waals surface area contributed by atoms with E-state index in [-0.39, 0.29) is 12.4 Å². The van der Waals surface area contributed by atoms with Crippen molar-refractivity contribution in [2.24, 2.45) is 5.73 Å². The van der Waals surface area contributed by atoms with Gasteiger partial charge in [0, 0.05) is 10.9 Å². The fraction of sp³-hybridized carbons (Fsp3) is 0.500. The van der Waals surface area contributed by atoms with Gasteiger partial charge in [0.15, 0.2) is 0 Å². The number of hydrogen-bond acceptors (Lipinski definition) is 2. The normalized spacial score (nSPS) is 22.1. The molecule has 1 heterocycles. The second kappa shape index (κ2) is 3.57. The zero-order valence-corrected chi connectivity index (χ0v) is 7.88. The molecule has 1 unspecified atom stereocenters. The maximum Gasteiger partial charge on any atom is 0.0306 e. The van der Waals surface area contributed by atoms with Crippen LogP contribution < -0.4 is 5.73 Å². The topological polar surface area (TPSA) is 26.0 Å². The first-order valence-electron chi connectivity index (χ1n) is 3.70. The predicted octanol–water partition coefficient (Wildman–Crippen LogP) is 2.51. The van der Waals surface area contributed by atoms with Crippen LogP contribution in [0.5, 0.6) is 0 Å². The molecule has 2 rings (SSSR count). The van der Waals surface area contributed by atoms with E-state index >= 15 is 0 Å². The molecule has 0 spiro atoms. The molecule has 2 N–H and O–H groups in total. The second-order valence-electron chi connectivity index (χ2n) is 2.80. The van der Waals surface area contributed by atoms with E-state index in [1.54, 1.807) is 0 Å². The van der Waals surface area contributed by atoms with Crippen molar-refractivity contribution in [2.75, 3.05) is 0 Å². The SMILES string of the molecule is Cl.NC1CCCc2sccc21. The van der Waals surface area contributed by atoms with Gasteiger partial charge in [-0.3, -0.25) is 0 Å². The zero-order chi connectivity index (χ0) is 6.97. The minimum atomic E-state index is 0. The molecular formula is C8H12ClNS. The largest absolute Gasteiger partial charge is 0.324 e. The summed E-state index contributed by atoms with van der Waals surface area (Å²) in [6.07, 6.45) is 3.69. The molecule has 1 nitrogen and oxygen atoms in total. The van der Waals surface area contributed by atoms with Gasteiger partial charge in [-0.05, 0) is 36.3 Å². The Bertz CT molecular complexity index is 234. The number of hydrogen-bond donors (Lipinski definition) is 1. The van der Waals surface area contributed by atoms with Crippen molar-refractivity contribution in [2.45, 2.75) is 25.3 Å². The van der Waals surface area contributed by atoms with Crippen molar-refractivity contribution >= 4 is 23.7 Å². The van der Waals surface area contributed by atoms with Crippen molar-refractivity contribution < 1.29 is 0 Å². The van der Waals surface area contributed by atoms with Gasteiger partial charge in [-0.2, -0.15) is 0 Å². The standard InChI is InChI=1S/C8H11NS.ClH/c9-7-2-1-3-8-6(7)4-5-10-8;/h4-5,7H,1-3,9H2;1H. The van der Waals surface area contributed by atoms with Crippen molar-refractivity contribution in [3.05, 3.63) is 21.9 Å². The molecule has 0 amide bonds. The molecule has 1 aliphatic carbocycles. The number of nitrogens with two attached hydrogens (primary N) is 1. The molecule has 1 atom stereocenters. The van der Waals surface area contributed by atoms with E-state index < -0.39 is 0 Å². The maximum absolute atomic E-state index is 5.90. The predicted molar refractivity (Wildman–Crippen MR) is 51.4 cm³/mol. The average Bonchev–Trinajstić information content (AvgIpc) is 2.36. The second-order valence-corrected chi connectivity index (χ2v) is 3.80. The molecule has 3 heteroatoms. The van der Waals surface area contributed by atoms with Gasteiger partial charge in [0.25, 0.3) is 0 Å². The van der Waals surface area contributed by atoms with Crippen LogP contribution in [0.4, 0.5) is 0 Å². The summed E-state index contributed by atoms with van der Waals surface area (Å²) in [5, 5.41) is 2.15. The number of aryl methyl sites for hydroxylation is 1. The van der Waals surface area contributed by atoms with Gasteiger partial charge in [-0.1, -0.05) is 0 Å². The van der Waals surface area contributed by atoms with E-state index in [2.05, 4.69) is 11.4 Å². The smallest absolute Gasteiger partial charge is 0.0306 e. The van der Waals surface area contributed by atoms with E-state index in [9.17, 15) is 0 Å². The summed E-state index contributed by atoms with van der Waals surface area (Å²) in [6, 6.07) is 2.50. The summed E-state index contributed by atoms with van der Waals surface area (Å²) >= 11 is 1.85. The van der Waals surface area contributed by atoms with Crippen LogP contribution >= 0.6 is 23.7 Å². The molecule has 0 saturated carbocycles. The quantitative estimate of drug-likeness (QED) is 0.667. The van der Waals surface area contributed by atoms with E-state index in [4.69, 9.17) is 5.73 Å². The lowest BCUT2D eigenvalue weighted by atomic mass is 9.95. The first kappa shape index (κ1) is 9.04. The molecule has 0 radical (unpaired) electrons. The summed E-state index contributed by atoms with van der Waals surface area (Å²) < 4.78 is 0. The van der Waals surface area contributed by atoms with Crippen LogP contribution in [0.1, 0.15) is 29.3 Å². The minimum absolute atomic E-state index is 0. The van der Waals surface area contributed by atoms with Crippen molar-refractivity contribution in [1.82, 2.24) is 0 Å². The summed E-state index contributed by atoms with van der Waals surface area (Å²) in [6.45, 7) is 0. The highest BCUT2D eigenvalue weighted by atomic mass is 35.5. The van der Waals surface area contributed by atoms with E-state index in [1.165, 1.54) is 29.7 Å². The summed E-state index contributed by atoms with van der Waals surface area (Å²) in [7, 11) is 0. The molecule has 1 aromatic heterocycles. The number of rotatable bonds is 0. The molecule has 0 aromatic carbocycles. The number of thiophene rings is 1. The Labute approximate surface area is 77.0 Å². The zero-order valence-electron chi connectivity index (χ0n) is 6.25. The number of halogens is 1. The average molecular weight is 190 g/mol. The monoisotopic (exact) mass is 189 g/mol. The summed E-state index contributed by atoms with van der Waals surface area (Å²) in [5.41, 5.74) is 7.30. The Kier molecular flexibility index (Phi) is 2.93. The van der Waals surface area contributed by atoms with Gasteiger partial charge >= 0.3 is 0 Å². The third-order valence-corrected chi connectivity index (χ3v) is 3.09. The van der Waals surface area contributed by atoms with Gasteiger partial charge in [0.1, 0.15) is 0 Å². The maximum atomic E-state index is 5.90. The van der Waals surface area contributed by atoms with Crippen LogP contribution in [0.3, 0.4) is 0 Å². The lowest BCUT2D eigenvalue weighted by Crippen LogP contribution is -2.14. The Morgan fingerprint density at radius 1 is 1.55 bits per heavy atom. The van der Waals surface area contributed by atoms with Gasteiger partial charge in [-0.25, -0.2) is 0 Å². The molecule has 1 aromatic rings. The Hall–Kier alpha value is -0.0500. The van der Waals surface area contributed by atoms with Crippen LogP contribution in [0.25, 0.3) is 0 Å². The van der Waals surface area contributed by atoms with Crippen molar-refractivity contribution in [1.29, 1.82) is 0 Å². The first-order valence-corrected chi connectivity index (χ1v) is 4.58. The van der Waals surface area contributed by atoms with Gasteiger partial charge < -0.3 is 5.73 Å². The number of fused-ring (bicyclic) bond motifs is 1. The first-order chi connectivity index (χ1) is 4.88. The van der Waals surface area contributed by atoms with Crippen molar-refractivity contribution in [3.63, 3.8) is 0 Å². The molecule has 11 heavy (non-hydrogen) atoms. The van der Waals surface area contributed by atoms with Crippen LogP contribution in [0.2, 0.25) is 0 Å². The van der Waals surface area contributed by atoms with E-state index in [0.717, 1.165) is 0 Å². The lowest BCUT2D eigenvalue weighted by molar-refractivity contribution is 0.578. The van der Waals surface area contributed by atoms with Crippen molar-refractivity contribution in [3.8, 4) is 0 Å². The van der Waals surface area contributed by atoms with Crippen LogP contribution in [0, 0.1) is 0 Å². The van der Waals surface area contributed by atoms with Crippen LogP contribution in [-0.4, -0.2) is 0 Å². The lowest BCUT2D eigenvalue weighted by Gasteiger charge is -2.17. The Balaban J connectivity index is 0.000000605. The molecule has 1 aliphatic rings. The van der Waals surface area contributed by atoms with E-state index in [1.807, 2.05) is 11.3 Å². The van der Waals surface area contributed by atoms with E-state index in [0.29, 0.717) is 6.04 Å². The third kappa shape index (κ3) is 1.58. The highest BCUT2D eigenvalue weighted by molar-refractivity contribution is 7.10. The highest BCUT2D eigenvalue weighted by Gasteiger charge is 2.16. The molecule has 0 fully saturated rings. The summed E-state index contributed by atoms with van der Waals surface area (Å²) in [5.74, 6) is 0. The third-order valence-electron chi connectivity index (χ3n) is 2.10. The molecule has 62 valence electrons. The fourth-order valence-electron chi connectivity index (χ4n) is 1.52. The highest BCUT2D eigenvalue weighted by Crippen LogP contribution is 2.31. The molecule has 0 aliphatic heterocycles. The fourth-order valence-corrected chi connectivity index (χ4v) is 2.52. The minimum Gasteiger partial charge on any atom is -0.324 e. The van der Waals surface area contributed by atoms with Gasteiger partial charge in [0.2, 0.25) is 0 Å². The van der Waals surface area contributed by atoms with Crippen LogP contribution in [-0.2, 0) is 6.42 Å². The van der Waals surface area contributed by atoms with Gasteiger partial charge in [0.05, 0.1) is 0 Å². The molecule has 0 bridgehead atoms.